The monoisotopic (exact) mass is 305 g/mol. The molecule has 22 heavy (non-hydrogen) atoms. The molecule has 1 aromatic rings. The molecule has 7 heteroatoms. The Labute approximate surface area is 125 Å². The van der Waals surface area contributed by atoms with Crippen molar-refractivity contribution in [3.63, 3.8) is 0 Å². The van der Waals surface area contributed by atoms with Crippen molar-refractivity contribution in [2.75, 3.05) is 5.32 Å². The fraction of sp³-hybridized carbons (Fsp3) is 0.400. The fourth-order valence-corrected chi connectivity index (χ4v) is 3.32. The number of carbonyl (C=O) groups excluding carboxylic acids is 1. The largest absolute Gasteiger partial charge is 0.481 e. The average Bonchev–Trinajstić information content (AvgIpc) is 3.08. The van der Waals surface area contributed by atoms with Crippen molar-refractivity contribution in [3.8, 4) is 0 Å². The number of amides is 1. The number of carboxylic acids is 2. The van der Waals surface area contributed by atoms with Gasteiger partial charge in [0.1, 0.15) is 0 Å². The van der Waals surface area contributed by atoms with Crippen LogP contribution in [-0.4, -0.2) is 40.3 Å². The molecule has 116 valence electrons. The van der Waals surface area contributed by atoms with E-state index in [-0.39, 0.29) is 11.3 Å². The number of anilines is 1. The molecule has 1 aromatic carbocycles. The number of carboxylic acid groups (broad SMARTS) is 2. The van der Waals surface area contributed by atoms with Crippen LogP contribution in [0.2, 0.25) is 0 Å². The minimum atomic E-state index is -1.16. The lowest BCUT2D eigenvalue weighted by Crippen LogP contribution is -2.41. The van der Waals surface area contributed by atoms with Gasteiger partial charge in [0.2, 0.25) is 5.91 Å². The molecule has 2 aliphatic heterocycles. The van der Waals surface area contributed by atoms with Crippen LogP contribution in [0.3, 0.4) is 0 Å². The molecule has 2 heterocycles. The van der Waals surface area contributed by atoms with E-state index in [4.69, 9.17) is 9.84 Å². The molecule has 0 aliphatic carbocycles. The summed E-state index contributed by atoms with van der Waals surface area (Å²) in [6.45, 7) is 0. The summed E-state index contributed by atoms with van der Waals surface area (Å²) < 4.78 is 5.54. The first-order valence-corrected chi connectivity index (χ1v) is 7.00. The predicted octanol–water partition coefficient (Wildman–Crippen LogP) is 1.20. The van der Waals surface area contributed by atoms with Crippen LogP contribution in [0, 0.1) is 11.8 Å². The first-order chi connectivity index (χ1) is 10.5. The van der Waals surface area contributed by atoms with E-state index < -0.39 is 41.9 Å². The molecule has 7 nitrogen and oxygen atoms in total. The number of hydrogen-bond donors (Lipinski definition) is 3. The predicted molar refractivity (Wildman–Crippen MR) is 74.5 cm³/mol. The molecule has 1 amide bonds. The van der Waals surface area contributed by atoms with Crippen LogP contribution in [0.15, 0.2) is 24.3 Å². The third-order valence-corrected chi connectivity index (χ3v) is 4.28. The number of fused-ring (bicyclic) bond motifs is 2. The van der Waals surface area contributed by atoms with Gasteiger partial charge in [0, 0.05) is 0 Å². The van der Waals surface area contributed by atoms with Crippen molar-refractivity contribution >= 4 is 23.5 Å². The van der Waals surface area contributed by atoms with Gasteiger partial charge in [0.25, 0.3) is 0 Å². The molecule has 2 fully saturated rings. The zero-order chi connectivity index (χ0) is 15.9. The molecular formula is C15H15NO6. The maximum absolute atomic E-state index is 12.4. The molecule has 0 saturated carbocycles. The Morgan fingerprint density at radius 1 is 1.05 bits per heavy atom. The van der Waals surface area contributed by atoms with Gasteiger partial charge in [-0.3, -0.25) is 9.59 Å². The zero-order valence-corrected chi connectivity index (χ0v) is 11.6. The number of aliphatic carboxylic acids is 1. The quantitative estimate of drug-likeness (QED) is 0.770. The van der Waals surface area contributed by atoms with Gasteiger partial charge < -0.3 is 20.3 Å². The molecule has 3 rings (SSSR count). The molecule has 4 atom stereocenters. The van der Waals surface area contributed by atoms with Crippen LogP contribution in [0.4, 0.5) is 5.69 Å². The smallest absolute Gasteiger partial charge is 0.337 e. The summed E-state index contributed by atoms with van der Waals surface area (Å²) in [5.74, 6) is -4.39. The summed E-state index contributed by atoms with van der Waals surface area (Å²) in [4.78, 5) is 35.0. The lowest BCUT2D eigenvalue weighted by Gasteiger charge is -2.24. The molecule has 2 aliphatic rings. The van der Waals surface area contributed by atoms with E-state index in [0.29, 0.717) is 12.8 Å². The van der Waals surface area contributed by atoms with Gasteiger partial charge in [-0.25, -0.2) is 4.79 Å². The first-order valence-electron chi connectivity index (χ1n) is 7.00. The van der Waals surface area contributed by atoms with E-state index in [9.17, 15) is 19.5 Å². The number of hydrogen-bond acceptors (Lipinski definition) is 4. The number of rotatable bonds is 4. The Balaban J connectivity index is 1.83. The van der Waals surface area contributed by atoms with E-state index in [0.717, 1.165) is 0 Å². The van der Waals surface area contributed by atoms with E-state index in [1.54, 1.807) is 12.1 Å². The second-order valence-corrected chi connectivity index (χ2v) is 5.52. The standard InChI is InChI=1S/C15H15NO6/c17-13(16-8-4-2-1-3-7(8)14(18)19)11-9-5-6-10(22-9)12(11)15(20)21/h1-4,9-12H,5-6H2,(H,16,17)(H,18,19)(H,20,21)/t9-,10-,11-,12+/m1/s1. The van der Waals surface area contributed by atoms with Crippen LogP contribution in [0.5, 0.6) is 0 Å². The van der Waals surface area contributed by atoms with Crippen LogP contribution >= 0.6 is 0 Å². The number of benzene rings is 1. The van der Waals surface area contributed by atoms with Gasteiger partial charge in [-0.2, -0.15) is 0 Å². The maximum atomic E-state index is 12.4. The molecule has 0 spiro atoms. The molecule has 0 unspecified atom stereocenters. The third kappa shape index (κ3) is 2.33. The summed E-state index contributed by atoms with van der Waals surface area (Å²) in [5, 5.41) is 21.0. The molecule has 2 bridgehead atoms. The topological polar surface area (TPSA) is 113 Å². The number of carbonyl (C=O) groups is 3. The van der Waals surface area contributed by atoms with Gasteiger partial charge in [-0.15, -0.1) is 0 Å². The van der Waals surface area contributed by atoms with E-state index in [2.05, 4.69) is 5.32 Å². The number of nitrogens with one attached hydrogen (secondary N) is 1. The molecular weight excluding hydrogens is 290 g/mol. The van der Waals surface area contributed by atoms with Crippen molar-refractivity contribution in [1.29, 1.82) is 0 Å². The summed E-state index contributed by atoms with van der Waals surface area (Å²) in [7, 11) is 0. The molecule has 2 saturated heterocycles. The SMILES string of the molecule is O=C(O)c1ccccc1NC(=O)[C@H]1[C@@H](C(=O)O)[C@H]2CC[C@H]1O2. The summed E-state index contributed by atoms with van der Waals surface area (Å²) in [6.07, 6.45) is 0.431. The lowest BCUT2D eigenvalue weighted by molar-refractivity contribution is -0.147. The Kier molecular flexibility index (Phi) is 3.58. The average molecular weight is 305 g/mol. The summed E-state index contributed by atoms with van der Waals surface area (Å²) in [6, 6.07) is 6.02. The minimum Gasteiger partial charge on any atom is -0.481 e. The van der Waals surface area contributed by atoms with Crippen molar-refractivity contribution in [2.24, 2.45) is 11.8 Å². The third-order valence-electron chi connectivity index (χ3n) is 4.28. The van der Waals surface area contributed by atoms with E-state index >= 15 is 0 Å². The van der Waals surface area contributed by atoms with Crippen LogP contribution in [0.25, 0.3) is 0 Å². The lowest BCUT2D eigenvalue weighted by atomic mass is 9.78. The highest BCUT2D eigenvalue weighted by Gasteiger charge is 2.55. The second-order valence-electron chi connectivity index (χ2n) is 5.52. The van der Waals surface area contributed by atoms with Crippen LogP contribution < -0.4 is 5.32 Å². The van der Waals surface area contributed by atoms with Crippen LogP contribution in [0.1, 0.15) is 23.2 Å². The Bertz CT molecular complexity index is 643. The minimum absolute atomic E-state index is 0.0354. The molecule has 0 radical (unpaired) electrons. The van der Waals surface area contributed by atoms with Gasteiger partial charge >= 0.3 is 11.9 Å². The summed E-state index contributed by atoms with van der Waals surface area (Å²) >= 11 is 0. The first kappa shape index (κ1) is 14.5. The van der Waals surface area contributed by atoms with Crippen LogP contribution in [-0.2, 0) is 14.3 Å². The Morgan fingerprint density at radius 3 is 2.32 bits per heavy atom. The highest BCUT2D eigenvalue weighted by Crippen LogP contribution is 2.44. The van der Waals surface area contributed by atoms with Gasteiger partial charge in [0.15, 0.2) is 0 Å². The second kappa shape index (κ2) is 5.42. The van der Waals surface area contributed by atoms with Gasteiger partial charge in [-0.1, -0.05) is 12.1 Å². The van der Waals surface area contributed by atoms with Gasteiger partial charge in [0.05, 0.1) is 35.3 Å². The highest BCUT2D eigenvalue weighted by atomic mass is 16.5. The summed E-state index contributed by atoms with van der Waals surface area (Å²) in [5.41, 5.74) is 0.124. The Morgan fingerprint density at radius 2 is 1.68 bits per heavy atom. The van der Waals surface area contributed by atoms with E-state index in [1.165, 1.54) is 12.1 Å². The normalized spacial score (nSPS) is 29.3. The zero-order valence-electron chi connectivity index (χ0n) is 11.6. The van der Waals surface area contributed by atoms with Crippen molar-refractivity contribution < 1.29 is 29.3 Å². The van der Waals surface area contributed by atoms with Gasteiger partial charge in [-0.05, 0) is 25.0 Å². The number of ether oxygens (including phenoxy) is 1. The fourth-order valence-electron chi connectivity index (χ4n) is 3.32. The van der Waals surface area contributed by atoms with Crippen molar-refractivity contribution in [3.05, 3.63) is 29.8 Å². The van der Waals surface area contributed by atoms with E-state index in [1.807, 2.05) is 0 Å². The number of para-hydroxylation sites is 1. The molecule has 3 N–H and O–H groups in total. The van der Waals surface area contributed by atoms with Crippen molar-refractivity contribution in [1.82, 2.24) is 0 Å². The number of aromatic carboxylic acids is 1. The Hall–Kier alpha value is -2.41. The highest BCUT2D eigenvalue weighted by molar-refractivity contribution is 6.02. The maximum Gasteiger partial charge on any atom is 0.337 e. The molecule has 0 aromatic heterocycles. The van der Waals surface area contributed by atoms with Crippen molar-refractivity contribution in [2.45, 2.75) is 25.0 Å².